The highest BCUT2D eigenvalue weighted by molar-refractivity contribution is 6.30. The van der Waals surface area contributed by atoms with Crippen LogP contribution in [0.2, 0.25) is 5.02 Å². The molecule has 0 aliphatic heterocycles. The van der Waals surface area contributed by atoms with E-state index in [0.29, 0.717) is 38.5 Å². The number of aromatic nitrogens is 4. The lowest BCUT2D eigenvalue weighted by Gasteiger charge is -2.16. The molecular weight excluding hydrogens is 424 g/mol. The quantitative estimate of drug-likeness (QED) is 0.412. The van der Waals surface area contributed by atoms with Gasteiger partial charge in [-0.15, -0.1) is 0 Å². The van der Waals surface area contributed by atoms with Crippen LogP contribution in [-0.2, 0) is 0 Å². The minimum Gasteiger partial charge on any atom is -0.267 e. The minimum atomic E-state index is -0.353. The molecule has 5 rings (SSSR count). The van der Waals surface area contributed by atoms with E-state index in [1.807, 2.05) is 30.3 Å². The van der Waals surface area contributed by atoms with Crippen molar-refractivity contribution in [3.05, 3.63) is 116 Å². The molecule has 0 saturated heterocycles. The van der Waals surface area contributed by atoms with Gasteiger partial charge in [-0.3, -0.25) is 9.59 Å². The standard InChI is InChI=1S/C25H17ClN4O2/c1-16-27-21-8-4-2-6-19(21)24(31)29(16)30-23(15-12-17-10-13-18(26)14-11-17)28-22-9-5-3-7-20(22)25(30)32/h2-15H,1H3/b15-12+. The van der Waals surface area contributed by atoms with E-state index in [1.165, 1.54) is 9.35 Å². The SMILES string of the molecule is Cc1nc2ccccc2c(=O)n1-n1c(/C=C/c2ccc(Cl)cc2)nc2ccccc2c1=O. The van der Waals surface area contributed by atoms with Crippen LogP contribution in [0.1, 0.15) is 17.2 Å². The average molecular weight is 441 g/mol. The molecule has 0 atom stereocenters. The zero-order valence-electron chi connectivity index (χ0n) is 17.1. The van der Waals surface area contributed by atoms with Crippen molar-refractivity contribution in [2.75, 3.05) is 0 Å². The summed E-state index contributed by atoms with van der Waals surface area (Å²) in [5.74, 6) is 0.694. The van der Waals surface area contributed by atoms with E-state index in [2.05, 4.69) is 9.97 Å². The molecule has 0 spiro atoms. The van der Waals surface area contributed by atoms with Gasteiger partial charge in [0.25, 0.3) is 11.1 Å². The van der Waals surface area contributed by atoms with Crippen molar-refractivity contribution < 1.29 is 0 Å². The van der Waals surface area contributed by atoms with Gasteiger partial charge >= 0.3 is 0 Å². The van der Waals surface area contributed by atoms with Crippen LogP contribution < -0.4 is 11.1 Å². The van der Waals surface area contributed by atoms with Gasteiger partial charge in [-0.2, -0.15) is 9.35 Å². The highest BCUT2D eigenvalue weighted by atomic mass is 35.5. The zero-order chi connectivity index (χ0) is 22.2. The highest BCUT2D eigenvalue weighted by Gasteiger charge is 2.16. The number of halogens is 1. The van der Waals surface area contributed by atoms with Crippen LogP contribution >= 0.6 is 11.6 Å². The van der Waals surface area contributed by atoms with E-state index in [4.69, 9.17) is 11.6 Å². The maximum Gasteiger partial charge on any atom is 0.281 e. The van der Waals surface area contributed by atoms with Gasteiger partial charge in [-0.05, 0) is 55.0 Å². The number of hydrogen-bond donors (Lipinski definition) is 0. The second kappa shape index (κ2) is 7.90. The third kappa shape index (κ3) is 3.40. The van der Waals surface area contributed by atoms with Crippen LogP contribution in [-0.4, -0.2) is 19.3 Å². The number of benzene rings is 3. The van der Waals surface area contributed by atoms with Gasteiger partial charge in [0.1, 0.15) is 5.82 Å². The van der Waals surface area contributed by atoms with E-state index >= 15 is 0 Å². The first kappa shape index (κ1) is 19.9. The van der Waals surface area contributed by atoms with E-state index < -0.39 is 0 Å². The second-order valence-electron chi connectivity index (χ2n) is 7.28. The number of fused-ring (bicyclic) bond motifs is 2. The summed E-state index contributed by atoms with van der Waals surface area (Å²) in [6, 6.07) is 21.4. The lowest BCUT2D eigenvalue weighted by molar-refractivity contribution is 0.566. The van der Waals surface area contributed by atoms with Crippen molar-refractivity contribution in [1.29, 1.82) is 0 Å². The number of hydrogen-bond acceptors (Lipinski definition) is 4. The predicted octanol–water partition coefficient (Wildman–Crippen LogP) is 4.55. The van der Waals surface area contributed by atoms with Crippen molar-refractivity contribution in [2.24, 2.45) is 0 Å². The summed E-state index contributed by atoms with van der Waals surface area (Å²) in [5, 5.41) is 1.47. The molecule has 0 aliphatic carbocycles. The monoisotopic (exact) mass is 440 g/mol. The summed E-state index contributed by atoms with van der Waals surface area (Å²) >= 11 is 5.98. The molecule has 0 saturated carbocycles. The molecule has 0 radical (unpaired) electrons. The molecule has 32 heavy (non-hydrogen) atoms. The Morgan fingerprint density at radius 1 is 0.719 bits per heavy atom. The van der Waals surface area contributed by atoms with Crippen molar-refractivity contribution in [3.8, 4) is 0 Å². The van der Waals surface area contributed by atoms with Crippen molar-refractivity contribution >= 4 is 45.6 Å². The number of para-hydroxylation sites is 2. The maximum atomic E-state index is 13.5. The van der Waals surface area contributed by atoms with Crippen molar-refractivity contribution in [2.45, 2.75) is 6.92 Å². The van der Waals surface area contributed by atoms with Gasteiger partial charge in [0, 0.05) is 5.02 Å². The maximum absolute atomic E-state index is 13.5. The first-order valence-corrected chi connectivity index (χ1v) is 10.4. The summed E-state index contributed by atoms with van der Waals surface area (Å²) in [5.41, 5.74) is 1.31. The van der Waals surface area contributed by atoms with Crippen molar-refractivity contribution in [3.63, 3.8) is 0 Å². The topological polar surface area (TPSA) is 69.8 Å². The fourth-order valence-corrected chi connectivity index (χ4v) is 3.78. The summed E-state index contributed by atoms with van der Waals surface area (Å²) in [6.07, 6.45) is 3.52. The van der Waals surface area contributed by atoms with Crippen LogP contribution in [0.25, 0.3) is 34.0 Å². The molecule has 5 aromatic rings. The van der Waals surface area contributed by atoms with Crippen LogP contribution in [0, 0.1) is 6.92 Å². The van der Waals surface area contributed by atoms with E-state index in [0.717, 1.165) is 5.56 Å². The summed E-state index contributed by atoms with van der Waals surface area (Å²) in [6.45, 7) is 1.70. The van der Waals surface area contributed by atoms with Gasteiger partial charge in [0.15, 0.2) is 5.82 Å². The van der Waals surface area contributed by atoms with Crippen molar-refractivity contribution in [1.82, 2.24) is 19.3 Å². The van der Waals surface area contributed by atoms with Gasteiger partial charge in [0.05, 0.1) is 21.8 Å². The Balaban J connectivity index is 1.83. The lowest BCUT2D eigenvalue weighted by Crippen LogP contribution is -2.38. The smallest absolute Gasteiger partial charge is 0.267 e. The summed E-state index contributed by atoms with van der Waals surface area (Å²) < 4.78 is 2.57. The number of aryl methyl sites for hydroxylation is 1. The molecule has 6 nitrogen and oxygen atoms in total. The predicted molar refractivity (Wildman–Crippen MR) is 128 cm³/mol. The number of rotatable bonds is 3. The molecule has 0 bridgehead atoms. The van der Waals surface area contributed by atoms with Crippen LogP contribution in [0.4, 0.5) is 0 Å². The van der Waals surface area contributed by atoms with E-state index in [1.54, 1.807) is 61.5 Å². The molecule has 156 valence electrons. The minimum absolute atomic E-state index is 0.311. The summed E-state index contributed by atoms with van der Waals surface area (Å²) in [4.78, 5) is 36.1. The van der Waals surface area contributed by atoms with Gasteiger partial charge < -0.3 is 0 Å². The van der Waals surface area contributed by atoms with Gasteiger partial charge in [-0.25, -0.2) is 9.97 Å². The van der Waals surface area contributed by atoms with E-state index in [-0.39, 0.29) is 11.1 Å². The third-order valence-electron chi connectivity index (χ3n) is 5.19. The largest absolute Gasteiger partial charge is 0.281 e. The Hall–Kier alpha value is -4.03. The fraction of sp³-hybridized carbons (Fsp3) is 0.0400. The molecule has 0 fully saturated rings. The molecular formula is C25H17ClN4O2. The molecule has 0 N–H and O–H groups in total. The van der Waals surface area contributed by atoms with Crippen LogP contribution in [0.5, 0.6) is 0 Å². The first-order chi connectivity index (χ1) is 15.5. The van der Waals surface area contributed by atoms with Gasteiger partial charge in [-0.1, -0.05) is 54.1 Å². The fourth-order valence-electron chi connectivity index (χ4n) is 3.66. The first-order valence-electron chi connectivity index (χ1n) is 9.97. The Morgan fingerprint density at radius 2 is 1.28 bits per heavy atom. The summed E-state index contributed by atoms with van der Waals surface area (Å²) in [7, 11) is 0. The molecule has 2 heterocycles. The molecule has 3 aromatic carbocycles. The zero-order valence-corrected chi connectivity index (χ0v) is 17.8. The Bertz CT molecular complexity index is 1630. The average Bonchev–Trinajstić information content (AvgIpc) is 2.80. The Labute approximate surface area is 187 Å². The Kier molecular flexibility index (Phi) is 4.92. The molecule has 0 amide bonds. The molecule has 0 unspecified atom stereocenters. The van der Waals surface area contributed by atoms with Crippen LogP contribution in [0.15, 0.2) is 82.4 Å². The third-order valence-corrected chi connectivity index (χ3v) is 5.44. The normalized spacial score (nSPS) is 11.6. The lowest BCUT2D eigenvalue weighted by atomic mass is 10.2. The van der Waals surface area contributed by atoms with E-state index in [9.17, 15) is 9.59 Å². The molecule has 7 heteroatoms. The molecule has 2 aromatic heterocycles. The molecule has 0 aliphatic rings. The Morgan fingerprint density at radius 3 is 1.94 bits per heavy atom. The highest BCUT2D eigenvalue weighted by Crippen LogP contribution is 2.15. The van der Waals surface area contributed by atoms with Gasteiger partial charge in [0.2, 0.25) is 0 Å². The van der Waals surface area contributed by atoms with Crippen LogP contribution in [0.3, 0.4) is 0 Å². The second-order valence-corrected chi connectivity index (χ2v) is 7.72. The number of nitrogens with zero attached hydrogens (tertiary/aromatic N) is 4.